The smallest absolute Gasteiger partial charge is 0.273 e. The molecule has 1 atom stereocenters. The fourth-order valence-electron chi connectivity index (χ4n) is 2.14. The van der Waals surface area contributed by atoms with Gasteiger partial charge in [0.25, 0.3) is 5.91 Å². The van der Waals surface area contributed by atoms with Crippen molar-refractivity contribution in [2.75, 3.05) is 6.61 Å². The lowest BCUT2D eigenvalue weighted by Crippen LogP contribution is -2.44. The molecule has 118 valence electrons. The molecular formula is C16H22N4O2. The van der Waals surface area contributed by atoms with Crippen LogP contribution in [0.3, 0.4) is 0 Å². The van der Waals surface area contributed by atoms with E-state index in [1.165, 1.54) is 11.0 Å². The molecule has 22 heavy (non-hydrogen) atoms. The van der Waals surface area contributed by atoms with Crippen molar-refractivity contribution < 1.29 is 9.90 Å². The van der Waals surface area contributed by atoms with Gasteiger partial charge in [0.05, 0.1) is 11.9 Å². The van der Waals surface area contributed by atoms with Crippen LogP contribution < -0.4 is 5.32 Å². The Morgan fingerprint density at radius 3 is 2.59 bits per heavy atom. The van der Waals surface area contributed by atoms with Crippen molar-refractivity contribution in [2.45, 2.75) is 33.2 Å². The summed E-state index contributed by atoms with van der Waals surface area (Å²) in [6.07, 6.45) is 1.95. The summed E-state index contributed by atoms with van der Waals surface area (Å²) in [6.45, 7) is 6.09. The van der Waals surface area contributed by atoms with Crippen molar-refractivity contribution in [3.63, 3.8) is 0 Å². The van der Waals surface area contributed by atoms with Gasteiger partial charge in [-0.25, -0.2) is 0 Å². The number of aromatic nitrogens is 3. The Balaban J connectivity index is 2.12. The predicted molar refractivity (Wildman–Crippen MR) is 83.8 cm³/mol. The Labute approximate surface area is 130 Å². The van der Waals surface area contributed by atoms with E-state index in [0.29, 0.717) is 6.42 Å². The Hall–Kier alpha value is -2.21. The van der Waals surface area contributed by atoms with Crippen LogP contribution in [0.1, 0.15) is 37.7 Å². The number of benzene rings is 1. The fourth-order valence-corrected chi connectivity index (χ4v) is 2.14. The second kappa shape index (κ2) is 6.70. The molecule has 0 aliphatic rings. The van der Waals surface area contributed by atoms with Gasteiger partial charge in [-0.1, -0.05) is 39.0 Å². The van der Waals surface area contributed by atoms with Crippen LogP contribution in [0, 0.1) is 5.41 Å². The fraction of sp³-hybridized carbons (Fsp3) is 0.438. The number of hydrogen-bond donors (Lipinski definition) is 2. The third-order valence-electron chi connectivity index (χ3n) is 3.48. The summed E-state index contributed by atoms with van der Waals surface area (Å²) in [5.41, 5.74) is 0.911. The van der Waals surface area contributed by atoms with Crippen LogP contribution in [0.2, 0.25) is 0 Å². The van der Waals surface area contributed by atoms with Crippen molar-refractivity contribution in [2.24, 2.45) is 5.41 Å². The van der Waals surface area contributed by atoms with E-state index >= 15 is 0 Å². The number of carbonyl (C=O) groups is 1. The average molecular weight is 302 g/mol. The van der Waals surface area contributed by atoms with Gasteiger partial charge in [0.1, 0.15) is 0 Å². The maximum atomic E-state index is 12.3. The second-order valence-corrected chi connectivity index (χ2v) is 6.26. The van der Waals surface area contributed by atoms with Gasteiger partial charge in [0.15, 0.2) is 5.69 Å². The Morgan fingerprint density at radius 2 is 2.00 bits per heavy atom. The molecule has 1 unspecified atom stereocenters. The summed E-state index contributed by atoms with van der Waals surface area (Å²) in [7, 11) is 0. The second-order valence-electron chi connectivity index (χ2n) is 6.26. The number of nitrogens with one attached hydrogen (secondary N) is 1. The predicted octanol–water partition coefficient (Wildman–Crippen LogP) is 1.79. The zero-order chi connectivity index (χ0) is 16.2. The topological polar surface area (TPSA) is 80.0 Å². The van der Waals surface area contributed by atoms with Crippen LogP contribution in [0.15, 0.2) is 36.5 Å². The first-order valence-corrected chi connectivity index (χ1v) is 7.31. The molecule has 0 aliphatic heterocycles. The van der Waals surface area contributed by atoms with Gasteiger partial charge in [0.2, 0.25) is 0 Å². The SMILES string of the molecule is CC(C)(C)C(CCO)NC(=O)c1cnn(-c2ccccc2)n1. The summed E-state index contributed by atoms with van der Waals surface area (Å²) in [5.74, 6) is -0.282. The molecule has 2 N–H and O–H groups in total. The molecule has 0 radical (unpaired) electrons. The van der Waals surface area contributed by atoms with Crippen LogP contribution in [0.25, 0.3) is 5.69 Å². The summed E-state index contributed by atoms with van der Waals surface area (Å²) in [4.78, 5) is 13.7. The normalized spacial score (nSPS) is 12.9. The molecule has 1 amide bonds. The minimum atomic E-state index is -0.282. The van der Waals surface area contributed by atoms with Gasteiger partial charge in [-0.15, -0.1) is 5.10 Å². The largest absolute Gasteiger partial charge is 0.396 e. The molecule has 6 heteroatoms. The highest BCUT2D eigenvalue weighted by molar-refractivity contribution is 5.92. The quantitative estimate of drug-likeness (QED) is 0.882. The van der Waals surface area contributed by atoms with Gasteiger partial charge < -0.3 is 10.4 Å². The third kappa shape index (κ3) is 3.92. The minimum Gasteiger partial charge on any atom is -0.396 e. The van der Waals surface area contributed by atoms with E-state index in [2.05, 4.69) is 15.5 Å². The molecule has 1 heterocycles. The van der Waals surface area contributed by atoms with E-state index in [4.69, 9.17) is 5.11 Å². The van der Waals surface area contributed by atoms with Gasteiger partial charge in [0, 0.05) is 12.6 Å². The van der Waals surface area contributed by atoms with Gasteiger partial charge in [-0.2, -0.15) is 9.90 Å². The first kappa shape index (κ1) is 16.2. The lowest BCUT2D eigenvalue weighted by molar-refractivity contribution is 0.0879. The van der Waals surface area contributed by atoms with Crippen LogP contribution in [-0.2, 0) is 0 Å². The highest BCUT2D eigenvalue weighted by Crippen LogP contribution is 2.21. The first-order chi connectivity index (χ1) is 10.4. The number of rotatable bonds is 5. The molecule has 2 rings (SSSR count). The summed E-state index contributed by atoms with van der Waals surface area (Å²) < 4.78 is 0. The number of para-hydroxylation sites is 1. The van der Waals surface area contributed by atoms with E-state index in [1.54, 1.807) is 0 Å². The Bertz CT molecular complexity index is 617. The standard InChI is InChI=1S/C16H22N4O2/c1-16(2,3)14(9-10-21)18-15(22)13-11-17-20(19-13)12-7-5-4-6-8-12/h4-8,11,14,21H,9-10H2,1-3H3,(H,18,22). The number of hydrogen-bond acceptors (Lipinski definition) is 4. The van der Waals surface area contributed by atoms with Crippen molar-refractivity contribution in [1.82, 2.24) is 20.3 Å². The monoisotopic (exact) mass is 302 g/mol. The zero-order valence-corrected chi connectivity index (χ0v) is 13.2. The molecule has 1 aromatic heterocycles. The lowest BCUT2D eigenvalue weighted by atomic mass is 9.85. The van der Waals surface area contributed by atoms with Crippen LogP contribution in [-0.4, -0.2) is 38.7 Å². The molecule has 0 spiro atoms. The Morgan fingerprint density at radius 1 is 1.32 bits per heavy atom. The molecular weight excluding hydrogens is 280 g/mol. The molecule has 0 saturated heterocycles. The van der Waals surface area contributed by atoms with Gasteiger partial charge >= 0.3 is 0 Å². The maximum Gasteiger partial charge on any atom is 0.273 e. The lowest BCUT2D eigenvalue weighted by Gasteiger charge is -2.30. The number of carbonyl (C=O) groups excluding carboxylic acids is 1. The highest BCUT2D eigenvalue weighted by atomic mass is 16.3. The maximum absolute atomic E-state index is 12.3. The van der Waals surface area contributed by atoms with Gasteiger partial charge in [-0.3, -0.25) is 4.79 Å². The number of amides is 1. The zero-order valence-electron chi connectivity index (χ0n) is 13.2. The van der Waals surface area contributed by atoms with Crippen molar-refractivity contribution in [1.29, 1.82) is 0 Å². The average Bonchev–Trinajstić information content (AvgIpc) is 2.96. The number of aliphatic hydroxyl groups excluding tert-OH is 1. The van der Waals surface area contributed by atoms with Crippen LogP contribution >= 0.6 is 0 Å². The number of nitrogens with zero attached hydrogens (tertiary/aromatic N) is 3. The highest BCUT2D eigenvalue weighted by Gasteiger charge is 2.26. The molecule has 0 fully saturated rings. The van der Waals surface area contributed by atoms with E-state index in [-0.39, 0.29) is 29.7 Å². The van der Waals surface area contributed by atoms with Crippen LogP contribution in [0.4, 0.5) is 0 Å². The molecule has 2 aromatic rings. The number of aliphatic hydroxyl groups is 1. The van der Waals surface area contributed by atoms with Crippen molar-refractivity contribution >= 4 is 5.91 Å². The van der Waals surface area contributed by atoms with Crippen molar-refractivity contribution in [3.8, 4) is 5.69 Å². The van der Waals surface area contributed by atoms with E-state index < -0.39 is 0 Å². The Kier molecular flexibility index (Phi) is 4.92. The molecule has 0 saturated carbocycles. The summed E-state index contributed by atoms with van der Waals surface area (Å²) >= 11 is 0. The van der Waals surface area contributed by atoms with E-state index in [1.807, 2.05) is 51.1 Å². The van der Waals surface area contributed by atoms with Gasteiger partial charge in [-0.05, 0) is 24.0 Å². The van der Waals surface area contributed by atoms with E-state index in [9.17, 15) is 4.79 Å². The van der Waals surface area contributed by atoms with Crippen molar-refractivity contribution in [3.05, 3.63) is 42.2 Å². The minimum absolute atomic E-state index is 0.0267. The molecule has 0 aliphatic carbocycles. The molecule has 0 bridgehead atoms. The first-order valence-electron chi connectivity index (χ1n) is 7.31. The van der Waals surface area contributed by atoms with E-state index in [0.717, 1.165) is 5.69 Å². The summed E-state index contributed by atoms with van der Waals surface area (Å²) in [5, 5.41) is 20.4. The molecule has 6 nitrogen and oxygen atoms in total. The summed E-state index contributed by atoms with van der Waals surface area (Å²) in [6, 6.07) is 9.28. The third-order valence-corrected chi connectivity index (χ3v) is 3.48. The molecule has 1 aromatic carbocycles. The van der Waals surface area contributed by atoms with Crippen LogP contribution in [0.5, 0.6) is 0 Å².